The standard InChI is InChI=1S/C23H21N3O7/c1-26-8-10(7-25-26)12-2-3-14(27)17-13(12)5-9-4-11-6-15(28)18(22(24)32)21(31)23(11,33)20(30)16(9)19(17)29/h2-3,7-9,11,27,29,31,33H,4-6H2,1H3,(H2,24,32)/t9?,11?,23-/m0/s1. The van der Waals surface area contributed by atoms with Gasteiger partial charge in [0.15, 0.2) is 11.4 Å². The Morgan fingerprint density at radius 2 is 1.94 bits per heavy atom. The minimum absolute atomic E-state index is 0.0588. The Bertz CT molecular complexity index is 1340. The van der Waals surface area contributed by atoms with Gasteiger partial charge in [-0.15, -0.1) is 0 Å². The van der Waals surface area contributed by atoms with E-state index in [0.717, 1.165) is 5.56 Å². The second kappa shape index (κ2) is 6.79. The number of aromatic nitrogens is 2. The summed E-state index contributed by atoms with van der Waals surface area (Å²) in [6.45, 7) is 0. The lowest BCUT2D eigenvalue weighted by molar-refractivity contribution is -0.147. The highest BCUT2D eigenvalue weighted by molar-refractivity contribution is 6.22. The van der Waals surface area contributed by atoms with Crippen molar-refractivity contribution in [2.45, 2.75) is 24.9 Å². The number of rotatable bonds is 2. The Balaban J connectivity index is 1.71. The van der Waals surface area contributed by atoms with Crippen LogP contribution in [0.25, 0.3) is 16.9 Å². The molecule has 10 heteroatoms. The smallest absolute Gasteiger partial charge is 0.255 e. The van der Waals surface area contributed by atoms with Crippen molar-refractivity contribution in [1.82, 2.24) is 9.78 Å². The van der Waals surface area contributed by atoms with Crippen molar-refractivity contribution in [3.8, 4) is 16.9 Å². The first-order valence-electron chi connectivity index (χ1n) is 10.4. The van der Waals surface area contributed by atoms with Crippen LogP contribution in [0.3, 0.4) is 0 Å². The summed E-state index contributed by atoms with van der Waals surface area (Å²) in [5, 5.41) is 47.6. The van der Waals surface area contributed by atoms with Gasteiger partial charge in [-0.1, -0.05) is 6.07 Å². The first-order valence-corrected chi connectivity index (χ1v) is 10.4. The topological polar surface area (TPSA) is 176 Å². The Morgan fingerprint density at radius 1 is 1.21 bits per heavy atom. The molecule has 3 aliphatic carbocycles. The maximum atomic E-state index is 13.5. The Hall–Kier alpha value is -3.92. The Morgan fingerprint density at radius 3 is 2.58 bits per heavy atom. The molecule has 1 aromatic carbocycles. The maximum Gasteiger partial charge on any atom is 0.255 e. The molecule has 6 N–H and O–H groups in total. The van der Waals surface area contributed by atoms with Crippen molar-refractivity contribution in [2.24, 2.45) is 24.6 Å². The number of aryl methyl sites for hydroxylation is 1. The van der Waals surface area contributed by atoms with Gasteiger partial charge in [0, 0.05) is 36.7 Å². The van der Waals surface area contributed by atoms with Crippen LogP contribution < -0.4 is 5.73 Å². The number of ketones is 2. The summed E-state index contributed by atoms with van der Waals surface area (Å²) in [7, 11) is 1.76. The second-order valence-corrected chi connectivity index (χ2v) is 8.80. The molecule has 3 aliphatic rings. The minimum Gasteiger partial charge on any atom is -0.508 e. The Kier molecular flexibility index (Phi) is 4.31. The number of primary amides is 1. The van der Waals surface area contributed by atoms with E-state index in [0.29, 0.717) is 11.1 Å². The van der Waals surface area contributed by atoms with Gasteiger partial charge in [-0.05, 0) is 36.0 Å². The summed E-state index contributed by atoms with van der Waals surface area (Å²) in [5.41, 5.74) is 3.79. The lowest BCUT2D eigenvalue weighted by Crippen LogP contribution is -2.58. The van der Waals surface area contributed by atoms with Crippen LogP contribution in [0, 0.1) is 11.8 Å². The van der Waals surface area contributed by atoms with E-state index in [1.165, 1.54) is 6.07 Å². The fourth-order valence-corrected chi connectivity index (χ4v) is 5.45. The third kappa shape index (κ3) is 2.70. The quantitative estimate of drug-likeness (QED) is 0.417. The molecule has 5 rings (SSSR count). The number of amides is 1. The number of hydrogen-bond donors (Lipinski definition) is 5. The van der Waals surface area contributed by atoms with Crippen LogP contribution in [0.5, 0.6) is 5.75 Å². The van der Waals surface area contributed by atoms with Gasteiger partial charge in [-0.25, -0.2) is 0 Å². The molecule has 33 heavy (non-hydrogen) atoms. The van der Waals surface area contributed by atoms with Crippen LogP contribution in [-0.4, -0.2) is 53.3 Å². The van der Waals surface area contributed by atoms with Gasteiger partial charge in [0.2, 0.25) is 5.78 Å². The number of nitrogens with zero attached hydrogens (tertiary/aromatic N) is 2. The molecule has 170 valence electrons. The molecular formula is C23H21N3O7. The third-order valence-electron chi connectivity index (χ3n) is 6.96. The number of benzene rings is 1. The van der Waals surface area contributed by atoms with E-state index in [4.69, 9.17) is 5.73 Å². The minimum atomic E-state index is -2.56. The SMILES string of the molecule is Cn1cc(-c2ccc(O)c3c2CC2CC4CC(=O)C(C(N)=O)=C(O)[C@@]4(O)C(=O)C2=C3O)cn1. The van der Waals surface area contributed by atoms with Crippen molar-refractivity contribution in [1.29, 1.82) is 0 Å². The van der Waals surface area contributed by atoms with Crippen LogP contribution in [0.15, 0.2) is 41.4 Å². The van der Waals surface area contributed by atoms with E-state index < -0.39 is 52.0 Å². The summed E-state index contributed by atoms with van der Waals surface area (Å²) in [6, 6.07) is 3.09. The van der Waals surface area contributed by atoms with Crippen LogP contribution in [0.2, 0.25) is 0 Å². The first-order chi connectivity index (χ1) is 15.6. The summed E-state index contributed by atoms with van der Waals surface area (Å²) in [5.74, 6) is -6.42. The molecule has 10 nitrogen and oxygen atoms in total. The Labute approximate surface area is 187 Å². The van der Waals surface area contributed by atoms with E-state index >= 15 is 0 Å². The van der Waals surface area contributed by atoms with Gasteiger partial charge in [0.05, 0.1) is 11.8 Å². The molecule has 0 aliphatic heterocycles. The molecule has 1 amide bonds. The number of aromatic hydroxyl groups is 1. The summed E-state index contributed by atoms with van der Waals surface area (Å²) in [4.78, 5) is 37.6. The van der Waals surface area contributed by atoms with E-state index in [1.807, 2.05) is 0 Å². The monoisotopic (exact) mass is 451 g/mol. The number of aliphatic hydroxyl groups excluding tert-OH is 2. The predicted molar refractivity (Wildman–Crippen MR) is 114 cm³/mol. The third-order valence-corrected chi connectivity index (χ3v) is 6.96. The number of Topliss-reactive ketones (excluding diaryl/α,β-unsaturated/α-hetero) is 2. The van der Waals surface area contributed by atoms with Gasteiger partial charge in [-0.3, -0.25) is 19.1 Å². The predicted octanol–water partition coefficient (Wildman–Crippen LogP) is 0.824. The van der Waals surface area contributed by atoms with Crippen LogP contribution in [0.4, 0.5) is 0 Å². The zero-order valence-electron chi connectivity index (χ0n) is 17.6. The van der Waals surface area contributed by atoms with E-state index in [9.17, 15) is 34.8 Å². The van der Waals surface area contributed by atoms with Crippen LogP contribution in [-0.2, 0) is 27.9 Å². The van der Waals surface area contributed by atoms with Gasteiger partial charge in [0.25, 0.3) is 5.91 Å². The van der Waals surface area contributed by atoms with E-state index in [-0.39, 0.29) is 36.1 Å². The molecule has 1 fully saturated rings. The van der Waals surface area contributed by atoms with Crippen molar-refractivity contribution >= 4 is 23.2 Å². The zero-order valence-corrected chi connectivity index (χ0v) is 17.6. The molecule has 3 atom stereocenters. The average molecular weight is 451 g/mol. The van der Waals surface area contributed by atoms with Crippen molar-refractivity contribution in [2.75, 3.05) is 0 Å². The molecular weight excluding hydrogens is 430 g/mol. The number of nitrogens with two attached hydrogens (primary N) is 1. The highest BCUT2D eigenvalue weighted by atomic mass is 16.3. The fourth-order valence-electron chi connectivity index (χ4n) is 5.45. The van der Waals surface area contributed by atoms with Gasteiger partial charge >= 0.3 is 0 Å². The lowest BCUT2D eigenvalue weighted by Gasteiger charge is -2.46. The van der Waals surface area contributed by atoms with Crippen LogP contribution in [0.1, 0.15) is 24.0 Å². The van der Waals surface area contributed by atoms with Crippen molar-refractivity contribution < 1.29 is 34.8 Å². The molecule has 1 aromatic heterocycles. The summed E-state index contributed by atoms with van der Waals surface area (Å²) in [6.07, 6.45) is 3.40. The van der Waals surface area contributed by atoms with Gasteiger partial charge in [0.1, 0.15) is 22.8 Å². The van der Waals surface area contributed by atoms with E-state index in [2.05, 4.69) is 5.10 Å². The molecule has 2 unspecified atom stereocenters. The molecule has 1 saturated carbocycles. The molecule has 0 radical (unpaired) electrons. The van der Waals surface area contributed by atoms with Crippen molar-refractivity contribution in [3.63, 3.8) is 0 Å². The number of hydrogen-bond acceptors (Lipinski definition) is 8. The number of carbonyl (C=O) groups excluding carboxylic acids is 3. The first kappa shape index (κ1) is 21.0. The maximum absolute atomic E-state index is 13.5. The summed E-state index contributed by atoms with van der Waals surface area (Å²) >= 11 is 0. The van der Waals surface area contributed by atoms with Crippen molar-refractivity contribution in [3.05, 3.63) is 52.6 Å². The van der Waals surface area contributed by atoms with Crippen LogP contribution >= 0.6 is 0 Å². The summed E-state index contributed by atoms with van der Waals surface area (Å²) < 4.78 is 1.61. The second-order valence-electron chi connectivity index (χ2n) is 8.80. The molecule has 1 heterocycles. The highest BCUT2D eigenvalue weighted by Gasteiger charge is 2.60. The normalized spacial score (nSPS) is 26.7. The largest absolute Gasteiger partial charge is 0.508 e. The molecule has 0 spiro atoms. The fraction of sp³-hybridized carbons (Fsp3) is 0.304. The van der Waals surface area contributed by atoms with Gasteiger partial charge in [-0.2, -0.15) is 5.10 Å². The number of fused-ring (bicyclic) bond motifs is 3. The number of aliphatic hydroxyl groups is 3. The van der Waals surface area contributed by atoms with Gasteiger partial charge < -0.3 is 26.2 Å². The number of phenolic OH excluding ortho intramolecular Hbond substituents is 1. The lowest BCUT2D eigenvalue weighted by atomic mass is 9.59. The molecule has 0 saturated heterocycles. The average Bonchev–Trinajstić information content (AvgIpc) is 3.16. The number of carbonyl (C=O) groups is 3. The highest BCUT2D eigenvalue weighted by Crippen LogP contribution is 2.52. The molecule has 0 bridgehead atoms. The molecule has 2 aromatic rings. The van der Waals surface area contributed by atoms with E-state index in [1.54, 1.807) is 30.2 Å². The number of phenols is 1. The zero-order chi connectivity index (χ0) is 23.8.